The van der Waals surface area contributed by atoms with Gasteiger partial charge in [-0.25, -0.2) is 4.79 Å². The lowest BCUT2D eigenvalue weighted by molar-refractivity contribution is -0.141. The summed E-state index contributed by atoms with van der Waals surface area (Å²) >= 11 is 0. The molecule has 24 heavy (non-hydrogen) atoms. The molecule has 1 aromatic heterocycles. The molecule has 0 aliphatic heterocycles. The van der Waals surface area contributed by atoms with Gasteiger partial charge in [0.25, 0.3) is 5.91 Å². The predicted molar refractivity (Wildman–Crippen MR) is 91.1 cm³/mol. The summed E-state index contributed by atoms with van der Waals surface area (Å²) in [5.41, 5.74) is 2.27. The van der Waals surface area contributed by atoms with Gasteiger partial charge >= 0.3 is 5.97 Å². The van der Waals surface area contributed by atoms with Crippen molar-refractivity contribution >= 4 is 17.8 Å². The number of nitrogens with one attached hydrogen (secondary N) is 1. The molecule has 0 fully saturated rings. The van der Waals surface area contributed by atoms with Crippen molar-refractivity contribution in [1.29, 1.82) is 0 Å². The number of carboxylic acid groups (broad SMARTS) is 1. The Morgan fingerprint density at radius 2 is 1.83 bits per heavy atom. The highest BCUT2D eigenvalue weighted by Crippen LogP contribution is 2.22. The Hall–Kier alpha value is -2.31. The van der Waals surface area contributed by atoms with E-state index in [1.54, 1.807) is 6.07 Å². The van der Waals surface area contributed by atoms with E-state index >= 15 is 0 Å². The van der Waals surface area contributed by atoms with Crippen LogP contribution in [0.25, 0.3) is 0 Å². The average Bonchev–Trinajstić information content (AvgIpc) is 2.76. The lowest BCUT2D eigenvalue weighted by Gasteiger charge is -2.27. The van der Waals surface area contributed by atoms with E-state index in [4.69, 9.17) is 0 Å². The van der Waals surface area contributed by atoms with Gasteiger partial charge in [0.15, 0.2) is 0 Å². The molecule has 0 bridgehead atoms. The number of nitrogens with zero attached hydrogens (tertiary/aromatic N) is 2. The Balaban J connectivity index is 3.14. The molecule has 2 N–H and O–H groups in total. The normalized spacial score (nSPS) is 12.1. The van der Waals surface area contributed by atoms with Gasteiger partial charge in [-0.15, -0.1) is 0 Å². The van der Waals surface area contributed by atoms with Crippen molar-refractivity contribution in [3.8, 4) is 0 Å². The first-order chi connectivity index (χ1) is 11.1. The zero-order valence-electron chi connectivity index (χ0n) is 15.2. The molecule has 1 rings (SSSR count). The minimum atomic E-state index is -1.08. The number of aliphatic carboxylic acids is 1. The van der Waals surface area contributed by atoms with Crippen molar-refractivity contribution in [3.63, 3.8) is 0 Å². The number of carbonyl (C=O) groups excluding carboxylic acids is 2. The Morgan fingerprint density at radius 1 is 1.25 bits per heavy atom. The van der Waals surface area contributed by atoms with E-state index in [0.29, 0.717) is 5.56 Å². The van der Waals surface area contributed by atoms with E-state index in [-0.39, 0.29) is 30.9 Å². The molecule has 2 amide bonds. The van der Waals surface area contributed by atoms with Crippen LogP contribution in [0.1, 0.15) is 55.5 Å². The van der Waals surface area contributed by atoms with Gasteiger partial charge < -0.3 is 19.9 Å². The maximum Gasteiger partial charge on any atom is 0.326 e. The van der Waals surface area contributed by atoms with E-state index in [9.17, 15) is 19.5 Å². The number of carbonyl (C=O) groups is 3. The van der Waals surface area contributed by atoms with Crippen LogP contribution in [0.3, 0.4) is 0 Å². The molecule has 7 nitrogen and oxygen atoms in total. The van der Waals surface area contributed by atoms with Crippen molar-refractivity contribution in [2.45, 2.75) is 53.6 Å². The topological polar surface area (TPSA) is 91.6 Å². The molecule has 0 aliphatic rings. The minimum Gasteiger partial charge on any atom is -0.480 e. The summed E-state index contributed by atoms with van der Waals surface area (Å²) in [5.74, 6) is -1.64. The summed E-state index contributed by atoms with van der Waals surface area (Å²) in [4.78, 5) is 36.6. The number of aryl methyl sites for hydroxylation is 1. The molecule has 0 saturated carbocycles. The molecule has 0 aromatic carbocycles. The van der Waals surface area contributed by atoms with Crippen molar-refractivity contribution < 1.29 is 19.5 Å². The SMILES string of the molecule is CC(=O)NCCN(C(=O)c1cc(C)n(C(C)C)c1C)C(C)C(=O)O. The van der Waals surface area contributed by atoms with Crippen molar-refractivity contribution in [1.82, 2.24) is 14.8 Å². The Kier molecular flexibility index (Phi) is 6.57. The van der Waals surface area contributed by atoms with Gasteiger partial charge in [0.1, 0.15) is 6.04 Å². The molecule has 1 heterocycles. The third-order valence-corrected chi connectivity index (χ3v) is 4.04. The summed E-state index contributed by atoms with van der Waals surface area (Å²) in [6.45, 7) is 11.0. The number of hydrogen-bond donors (Lipinski definition) is 2. The van der Waals surface area contributed by atoms with Gasteiger partial charge in [-0.2, -0.15) is 0 Å². The lowest BCUT2D eigenvalue weighted by atomic mass is 10.1. The fraction of sp³-hybridized carbons (Fsp3) is 0.588. The van der Waals surface area contributed by atoms with Crippen molar-refractivity contribution in [2.75, 3.05) is 13.1 Å². The summed E-state index contributed by atoms with van der Waals surface area (Å²) in [6, 6.07) is 1.02. The van der Waals surface area contributed by atoms with E-state index in [1.165, 1.54) is 18.7 Å². The first-order valence-electron chi connectivity index (χ1n) is 8.04. The number of hydrogen-bond acceptors (Lipinski definition) is 3. The monoisotopic (exact) mass is 337 g/mol. The number of amides is 2. The molecule has 0 aliphatic carbocycles. The fourth-order valence-corrected chi connectivity index (χ4v) is 2.90. The van der Waals surface area contributed by atoms with Crippen molar-refractivity contribution in [3.05, 3.63) is 23.0 Å². The van der Waals surface area contributed by atoms with Crippen molar-refractivity contribution in [2.24, 2.45) is 0 Å². The van der Waals surface area contributed by atoms with E-state index < -0.39 is 12.0 Å². The Labute approximate surface area is 142 Å². The lowest BCUT2D eigenvalue weighted by Crippen LogP contribution is -2.46. The largest absolute Gasteiger partial charge is 0.480 e. The third kappa shape index (κ3) is 4.37. The maximum absolute atomic E-state index is 12.9. The number of rotatable bonds is 7. The summed E-state index contributed by atoms with van der Waals surface area (Å²) < 4.78 is 2.05. The average molecular weight is 337 g/mol. The molecule has 0 saturated heterocycles. The quantitative estimate of drug-likeness (QED) is 0.793. The standard InChI is InChI=1S/C17H27N3O4/c1-10(2)20-11(3)9-15(12(20)4)16(22)19(13(5)17(23)24)8-7-18-14(6)21/h9-10,13H,7-8H2,1-6H3,(H,18,21)(H,23,24). The van der Waals surface area contributed by atoms with Crippen LogP contribution in [0.2, 0.25) is 0 Å². The third-order valence-electron chi connectivity index (χ3n) is 4.04. The fourth-order valence-electron chi connectivity index (χ4n) is 2.90. The molecule has 1 atom stereocenters. The van der Waals surface area contributed by atoms with E-state index in [0.717, 1.165) is 11.4 Å². The molecule has 134 valence electrons. The van der Waals surface area contributed by atoms with Crippen LogP contribution in [-0.2, 0) is 9.59 Å². The second-order valence-electron chi connectivity index (χ2n) is 6.24. The zero-order valence-corrected chi connectivity index (χ0v) is 15.2. The van der Waals surface area contributed by atoms with Crippen LogP contribution >= 0.6 is 0 Å². The first-order valence-corrected chi connectivity index (χ1v) is 8.04. The molecule has 1 unspecified atom stereocenters. The number of aromatic nitrogens is 1. The van der Waals surface area contributed by atoms with Crippen LogP contribution < -0.4 is 5.32 Å². The Bertz CT molecular complexity index is 634. The van der Waals surface area contributed by atoms with Gasteiger partial charge in [-0.1, -0.05) is 0 Å². The summed E-state index contributed by atoms with van der Waals surface area (Å²) in [6.07, 6.45) is 0. The van der Waals surface area contributed by atoms with Gasteiger partial charge in [-0.3, -0.25) is 9.59 Å². The van der Waals surface area contributed by atoms with Crippen LogP contribution in [0.15, 0.2) is 6.07 Å². The summed E-state index contributed by atoms with van der Waals surface area (Å²) in [7, 11) is 0. The highest BCUT2D eigenvalue weighted by Gasteiger charge is 2.29. The second-order valence-corrected chi connectivity index (χ2v) is 6.24. The van der Waals surface area contributed by atoms with Gasteiger partial charge in [0.05, 0.1) is 5.56 Å². The van der Waals surface area contributed by atoms with Gasteiger partial charge in [0.2, 0.25) is 5.91 Å². The Morgan fingerprint density at radius 3 is 2.25 bits per heavy atom. The minimum absolute atomic E-state index is 0.136. The summed E-state index contributed by atoms with van der Waals surface area (Å²) in [5, 5.41) is 11.9. The number of carboxylic acids is 1. The molecule has 0 radical (unpaired) electrons. The zero-order chi connectivity index (χ0) is 18.6. The van der Waals surface area contributed by atoms with Crippen LogP contribution in [0.4, 0.5) is 0 Å². The molecular weight excluding hydrogens is 310 g/mol. The first kappa shape index (κ1) is 19.7. The molecular formula is C17H27N3O4. The molecule has 1 aromatic rings. The van der Waals surface area contributed by atoms with Crippen LogP contribution in [0.5, 0.6) is 0 Å². The smallest absolute Gasteiger partial charge is 0.326 e. The predicted octanol–water partition coefficient (Wildman–Crippen LogP) is 1.74. The van der Waals surface area contributed by atoms with Crippen LogP contribution in [0, 0.1) is 13.8 Å². The maximum atomic E-state index is 12.9. The van der Waals surface area contributed by atoms with Gasteiger partial charge in [0, 0.05) is 37.4 Å². The van der Waals surface area contributed by atoms with Crippen LogP contribution in [-0.4, -0.2) is 51.5 Å². The highest BCUT2D eigenvalue weighted by molar-refractivity contribution is 5.98. The second kappa shape index (κ2) is 7.99. The highest BCUT2D eigenvalue weighted by atomic mass is 16.4. The molecule has 0 spiro atoms. The van der Waals surface area contributed by atoms with Gasteiger partial charge in [-0.05, 0) is 40.7 Å². The van der Waals surface area contributed by atoms with E-state index in [1.807, 2.05) is 32.3 Å². The molecule has 7 heteroatoms. The van der Waals surface area contributed by atoms with E-state index in [2.05, 4.69) is 5.32 Å².